The molecule has 1 aromatic carbocycles. The molecule has 3 rings (SSSR count). The number of benzene rings is 1. The normalized spacial score (nSPS) is 16.3. The van der Waals surface area contributed by atoms with Crippen molar-refractivity contribution in [2.75, 3.05) is 31.5 Å². The zero-order valence-electron chi connectivity index (χ0n) is 13.7. The summed E-state index contributed by atoms with van der Waals surface area (Å²) in [6, 6.07) is 4.50. The summed E-state index contributed by atoms with van der Waals surface area (Å²) < 4.78 is 26.4. The van der Waals surface area contributed by atoms with Gasteiger partial charge in [0.25, 0.3) is 10.0 Å². The van der Waals surface area contributed by atoms with Crippen molar-refractivity contribution in [3.63, 3.8) is 0 Å². The zero-order valence-corrected chi connectivity index (χ0v) is 16.0. The minimum atomic E-state index is -3.64. The van der Waals surface area contributed by atoms with Crippen molar-refractivity contribution in [3.05, 3.63) is 40.8 Å². The molecule has 140 valence electrons. The van der Waals surface area contributed by atoms with Crippen LogP contribution in [-0.4, -0.2) is 59.8 Å². The van der Waals surface area contributed by atoms with Gasteiger partial charge in [0.15, 0.2) is 5.03 Å². The number of imidazole rings is 1. The Morgan fingerprint density at radius 1 is 1.15 bits per heavy atom. The van der Waals surface area contributed by atoms with Gasteiger partial charge in [-0.1, -0.05) is 23.2 Å². The number of hydrogen-bond acceptors (Lipinski definition) is 4. The Balaban J connectivity index is 1.64. The minimum Gasteiger partial charge on any atom is -0.335 e. The molecule has 1 saturated heterocycles. The zero-order chi connectivity index (χ0) is 18.7. The van der Waals surface area contributed by atoms with E-state index in [1.165, 1.54) is 16.8 Å². The highest BCUT2D eigenvalue weighted by Gasteiger charge is 2.29. The molecule has 11 heteroatoms. The number of sulfonamides is 1. The number of H-pyrrole nitrogens is 1. The van der Waals surface area contributed by atoms with Gasteiger partial charge in [0.2, 0.25) is 0 Å². The molecule has 0 atom stereocenters. The number of nitrogens with one attached hydrogen (secondary N) is 2. The van der Waals surface area contributed by atoms with Gasteiger partial charge in [0.05, 0.1) is 22.6 Å². The molecule has 0 saturated carbocycles. The molecular formula is C15H17Cl2N5O3S. The number of urea groups is 1. The summed E-state index contributed by atoms with van der Waals surface area (Å²) in [5.41, 5.74) is 0.524. The number of hydrogen-bond donors (Lipinski definition) is 2. The van der Waals surface area contributed by atoms with Gasteiger partial charge in [-0.15, -0.1) is 0 Å². The molecule has 0 aliphatic carbocycles. The smallest absolute Gasteiger partial charge is 0.321 e. The standard InChI is InChI=1S/C15H17Cl2N5O3S/c16-12-3-2-11(8-13(12)17)20-15(23)21-4-1-5-22(7-6-21)26(24,25)14-9-18-10-19-14/h2-3,8-10H,1,4-7H2,(H,18,19)(H,20,23). The third-order valence-corrected chi connectivity index (χ3v) is 6.57. The van der Waals surface area contributed by atoms with Gasteiger partial charge in [-0.3, -0.25) is 0 Å². The first kappa shape index (κ1) is 19.0. The van der Waals surface area contributed by atoms with Crippen molar-refractivity contribution in [1.82, 2.24) is 19.2 Å². The second-order valence-corrected chi connectivity index (χ2v) is 8.44. The number of anilines is 1. The average molecular weight is 418 g/mol. The number of nitrogens with zero attached hydrogens (tertiary/aromatic N) is 3. The number of aromatic amines is 1. The van der Waals surface area contributed by atoms with E-state index >= 15 is 0 Å². The number of halogens is 2. The fraction of sp³-hybridized carbons (Fsp3) is 0.333. The van der Waals surface area contributed by atoms with Crippen LogP contribution in [0.4, 0.5) is 10.5 Å². The van der Waals surface area contributed by atoms with E-state index in [0.29, 0.717) is 35.2 Å². The van der Waals surface area contributed by atoms with Crippen LogP contribution in [0.3, 0.4) is 0 Å². The Morgan fingerprint density at radius 3 is 2.65 bits per heavy atom. The molecule has 2 N–H and O–H groups in total. The van der Waals surface area contributed by atoms with Gasteiger partial charge in [0.1, 0.15) is 0 Å². The highest BCUT2D eigenvalue weighted by Crippen LogP contribution is 2.25. The van der Waals surface area contributed by atoms with E-state index in [2.05, 4.69) is 15.3 Å². The second-order valence-electron chi connectivity index (χ2n) is 5.72. The van der Waals surface area contributed by atoms with Crippen LogP contribution in [0.5, 0.6) is 0 Å². The first-order valence-electron chi connectivity index (χ1n) is 7.87. The molecule has 26 heavy (non-hydrogen) atoms. The Hall–Kier alpha value is -1.81. The van der Waals surface area contributed by atoms with E-state index in [0.717, 1.165) is 0 Å². The van der Waals surface area contributed by atoms with Crippen molar-refractivity contribution in [1.29, 1.82) is 0 Å². The van der Waals surface area contributed by atoms with Crippen molar-refractivity contribution in [2.45, 2.75) is 11.4 Å². The molecule has 1 aromatic heterocycles. The van der Waals surface area contributed by atoms with Crippen LogP contribution >= 0.6 is 23.2 Å². The molecule has 0 bridgehead atoms. The van der Waals surface area contributed by atoms with Gasteiger partial charge in [-0.25, -0.2) is 18.2 Å². The van der Waals surface area contributed by atoms with E-state index in [1.54, 1.807) is 23.1 Å². The number of rotatable bonds is 3. The predicted octanol–water partition coefficient (Wildman–Crippen LogP) is 2.65. The maximum absolute atomic E-state index is 12.5. The molecule has 0 radical (unpaired) electrons. The van der Waals surface area contributed by atoms with Crippen LogP contribution in [0.25, 0.3) is 0 Å². The lowest BCUT2D eigenvalue weighted by Crippen LogP contribution is -2.39. The summed E-state index contributed by atoms with van der Waals surface area (Å²) in [4.78, 5) is 20.4. The maximum Gasteiger partial charge on any atom is 0.321 e. The highest BCUT2D eigenvalue weighted by molar-refractivity contribution is 7.89. The van der Waals surface area contributed by atoms with E-state index in [9.17, 15) is 13.2 Å². The number of aromatic nitrogens is 2. The lowest BCUT2D eigenvalue weighted by Gasteiger charge is -2.22. The molecule has 0 spiro atoms. The van der Waals surface area contributed by atoms with Crippen LogP contribution in [-0.2, 0) is 10.0 Å². The minimum absolute atomic E-state index is 0.0474. The molecule has 2 amide bonds. The fourth-order valence-corrected chi connectivity index (χ4v) is 4.30. The fourth-order valence-electron chi connectivity index (χ4n) is 2.64. The van der Waals surface area contributed by atoms with Crippen LogP contribution < -0.4 is 5.32 Å². The van der Waals surface area contributed by atoms with Crippen LogP contribution in [0.2, 0.25) is 10.0 Å². The predicted molar refractivity (Wildman–Crippen MR) is 99.0 cm³/mol. The van der Waals surface area contributed by atoms with Gasteiger partial charge in [-0.2, -0.15) is 4.31 Å². The van der Waals surface area contributed by atoms with E-state index in [4.69, 9.17) is 23.2 Å². The summed E-state index contributed by atoms with van der Waals surface area (Å²) in [6.45, 7) is 1.26. The Bertz CT molecular complexity index is 889. The van der Waals surface area contributed by atoms with Gasteiger partial charge in [-0.05, 0) is 24.6 Å². The van der Waals surface area contributed by atoms with Crippen molar-refractivity contribution in [2.24, 2.45) is 0 Å². The molecular weight excluding hydrogens is 401 g/mol. The quantitative estimate of drug-likeness (QED) is 0.801. The molecule has 1 fully saturated rings. The topological polar surface area (TPSA) is 98.4 Å². The van der Waals surface area contributed by atoms with Crippen LogP contribution in [0.1, 0.15) is 6.42 Å². The molecule has 1 aliphatic heterocycles. The summed E-state index contributed by atoms with van der Waals surface area (Å²) in [5.74, 6) is 0. The maximum atomic E-state index is 12.5. The molecule has 8 nitrogen and oxygen atoms in total. The first-order chi connectivity index (χ1) is 12.4. The molecule has 0 unspecified atom stereocenters. The SMILES string of the molecule is O=C(Nc1ccc(Cl)c(Cl)c1)N1CCCN(S(=O)(=O)c2cnc[nH]2)CC1. The van der Waals surface area contributed by atoms with Crippen LogP contribution in [0, 0.1) is 0 Å². The number of amides is 2. The first-order valence-corrected chi connectivity index (χ1v) is 10.1. The second kappa shape index (κ2) is 7.83. The third kappa shape index (κ3) is 4.12. The lowest BCUT2D eigenvalue weighted by molar-refractivity contribution is 0.214. The van der Waals surface area contributed by atoms with Crippen molar-refractivity contribution >= 4 is 44.9 Å². The van der Waals surface area contributed by atoms with Gasteiger partial charge < -0.3 is 15.2 Å². The molecule has 2 aromatic rings. The molecule has 1 aliphatic rings. The summed E-state index contributed by atoms with van der Waals surface area (Å²) in [5, 5.41) is 3.54. The number of carbonyl (C=O) groups excluding carboxylic acids is 1. The van der Waals surface area contributed by atoms with Crippen LogP contribution in [0.15, 0.2) is 35.7 Å². The summed E-state index contributed by atoms with van der Waals surface area (Å²) in [7, 11) is -3.64. The monoisotopic (exact) mass is 417 g/mol. The average Bonchev–Trinajstić information content (AvgIpc) is 3.03. The lowest BCUT2D eigenvalue weighted by atomic mass is 10.3. The summed E-state index contributed by atoms with van der Waals surface area (Å²) >= 11 is 11.8. The Morgan fingerprint density at radius 2 is 1.96 bits per heavy atom. The van der Waals surface area contributed by atoms with Gasteiger partial charge >= 0.3 is 6.03 Å². The summed E-state index contributed by atoms with van der Waals surface area (Å²) in [6.07, 6.45) is 3.12. The third-order valence-electron chi connectivity index (χ3n) is 4.00. The van der Waals surface area contributed by atoms with Gasteiger partial charge in [0, 0.05) is 31.9 Å². The van der Waals surface area contributed by atoms with Crippen molar-refractivity contribution < 1.29 is 13.2 Å². The largest absolute Gasteiger partial charge is 0.335 e. The highest BCUT2D eigenvalue weighted by atomic mass is 35.5. The van der Waals surface area contributed by atoms with E-state index < -0.39 is 10.0 Å². The van der Waals surface area contributed by atoms with E-state index in [1.807, 2.05) is 0 Å². The Labute approximate surface area is 161 Å². The van der Waals surface area contributed by atoms with E-state index in [-0.39, 0.29) is 24.1 Å². The Kier molecular flexibility index (Phi) is 5.71. The van der Waals surface area contributed by atoms with Crippen molar-refractivity contribution in [3.8, 4) is 0 Å². The molecule has 2 heterocycles. The number of carbonyl (C=O) groups is 1.